The number of para-hydroxylation sites is 1. The number of aryl methyl sites for hydroxylation is 1. The fourth-order valence-electron chi connectivity index (χ4n) is 7.69. The van der Waals surface area contributed by atoms with Gasteiger partial charge in [0.1, 0.15) is 17.7 Å². The number of benzene rings is 2. The Balaban J connectivity index is 1.47. The topological polar surface area (TPSA) is 125 Å². The number of ether oxygens (including phenoxy) is 2. The Kier molecular flexibility index (Phi) is 12.0. The molecular formula is C38H46ClN3O7. The predicted octanol–water partition coefficient (Wildman–Crippen LogP) is 5.07. The summed E-state index contributed by atoms with van der Waals surface area (Å²) < 4.78 is 12.8. The van der Waals surface area contributed by atoms with Gasteiger partial charge in [-0.3, -0.25) is 19.2 Å². The second-order valence-electron chi connectivity index (χ2n) is 13.0. The fraction of sp³-hybridized carbons (Fsp3) is 0.474. The van der Waals surface area contributed by atoms with E-state index in [0.29, 0.717) is 54.8 Å². The summed E-state index contributed by atoms with van der Waals surface area (Å²) in [5.41, 5.74) is 0.781. The minimum atomic E-state index is -1.24. The largest absolute Gasteiger partial charge is 0.455 e. The third-order valence-electron chi connectivity index (χ3n) is 9.89. The number of fused-ring (bicyclic) bond motifs is 1. The Morgan fingerprint density at radius 2 is 1.92 bits per heavy atom. The standard InChI is InChI=1S/C38H46ClN3O7/c1-4-6-18-30(44)40-24-29(26-15-9-7-10-16-26)48-37(47)31-28-19-20-38(49-28)32(31)35(45)42(22-11-8-12-23-43)34(38)36(46)41(21-5-2)33-25(3)14-13-17-27(33)39/h4-5,7,9-10,13-17,28-29,31-32,34,43H,1-2,6,8,11-12,18-24H2,3H3,(H,40,44)/t28-,29-,31+,32+,34-,38+/m1/s1. The van der Waals surface area contributed by atoms with Crippen LogP contribution in [-0.2, 0) is 28.7 Å². The van der Waals surface area contributed by atoms with Crippen LogP contribution in [0.2, 0.25) is 5.02 Å². The van der Waals surface area contributed by atoms with Crippen LogP contribution in [0.3, 0.4) is 0 Å². The number of nitrogens with one attached hydrogen (secondary N) is 1. The molecule has 10 nitrogen and oxygen atoms in total. The lowest BCUT2D eigenvalue weighted by Gasteiger charge is -2.37. The maximum atomic E-state index is 14.8. The molecule has 262 valence electrons. The maximum absolute atomic E-state index is 14.8. The van der Waals surface area contributed by atoms with Crippen molar-refractivity contribution in [1.29, 1.82) is 0 Å². The minimum Gasteiger partial charge on any atom is -0.455 e. The highest BCUT2D eigenvalue weighted by Gasteiger charge is 2.75. The van der Waals surface area contributed by atoms with Crippen molar-refractivity contribution in [2.24, 2.45) is 11.8 Å². The van der Waals surface area contributed by atoms with E-state index in [0.717, 1.165) is 5.56 Å². The summed E-state index contributed by atoms with van der Waals surface area (Å²) in [4.78, 5) is 59.1. The quantitative estimate of drug-likeness (QED) is 0.135. The Morgan fingerprint density at radius 1 is 1.14 bits per heavy atom. The lowest BCUT2D eigenvalue weighted by atomic mass is 9.70. The number of esters is 1. The third kappa shape index (κ3) is 7.32. The Bertz CT molecular complexity index is 1530. The maximum Gasteiger partial charge on any atom is 0.313 e. The van der Waals surface area contributed by atoms with Crippen LogP contribution >= 0.6 is 11.6 Å². The first-order chi connectivity index (χ1) is 23.7. The summed E-state index contributed by atoms with van der Waals surface area (Å²) in [6.07, 6.45) is 5.34. The van der Waals surface area contributed by atoms with Gasteiger partial charge < -0.3 is 29.7 Å². The summed E-state index contributed by atoms with van der Waals surface area (Å²) in [6, 6.07) is 13.5. The zero-order chi connectivity index (χ0) is 35.1. The molecule has 3 aliphatic rings. The molecule has 2 bridgehead atoms. The number of aliphatic hydroxyl groups is 1. The molecule has 0 aromatic heterocycles. The van der Waals surface area contributed by atoms with Gasteiger partial charge in [-0.15, -0.1) is 13.2 Å². The fourth-order valence-corrected chi connectivity index (χ4v) is 8.01. The summed E-state index contributed by atoms with van der Waals surface area (Å²) >= 11 is 6.66. The van der Waals surface area contributed by atoms with Gasteiger partial charge in [0.2, 0.25) is 11.8 Å². The zero-order valence-corrected chi connectivity index (χ0v) is 28.8. The van der Waals surface area contributed by atoms with Crippen molar-refractivity contribution < 1.29 is 33.8 Å². The average molecular weight is 692 g/mol. The highest BCUT2D eigenvalue weighted by Crippen LogP contribution is 2.59. The summed E-state index contributed by atoms with van der Waals surface area (Å²) in [5.74, 6) is -3.33. The van der Waals surface area contributed by atoms with Gasteiger partial charge in [0, 0.05) is 26.1 Å². The van der Waals surface area contributed by atoms with E-state index in [9.17, 15) is 24.3 Å². The number of hydrogen-bond acceptors (Lipinski definition) is 7. The highest BCUT2D eigenvalue weighted by atomic mass is 35.5. The molecule has 2 aromatic rings. The lowest BCUT2D eigenvalue weighted by molar-refractivity contribution is -0.160. The van der Waals surface area contributed by atoms with Crippen LogP contribution in [0, 0.1) is 18.8 Å². The summed E-state index contributed by atoms with van der Waals surface area (Å²) in [5, 5.41) is 12.6. The van der Waals surface area contributed by atoms with E-state index in [1.54, 1.807) is 28.0 Å². The molecule has 3 saturated heterocycles. The number of unbranched alkanes of at least 4 members (excludes halogenated alkanes) is 2. The second-order valence-corrected chi connectivity index (χ2v) is 13.4. The third-order valence-corrected chi connectivity index (χ3v) is 10.2. The van der Waals surface area contributed by atoms with Crippen molar-refractivity contribution in [3.63, 3.8) is 0 Å². The molecule has 3 fully saturated rings. The van der Waals surface area contributed by atoms with E-state index in [2.05, 4.69) is 18.5 Å². The predicted molar refractivity (Wildman–Crippen MR) is 187 cm³/mol. The number of aliphatic hydroxyl groups excluding tert-OH is 1. The van der Waals surface area contributed by atoms with Crippen molar-refractivity contribution in [2.75, 3.05) is 31.1 Å². The van der Waals surface area contributed by atoms with Crippen LogP contribution in [0.25, 0.3) is 0 Å². The molecule has 3 heterocycles. The van der Waals surface area contributed by atoms with E-state index in [4.69, 9.17) is 21.1 Å². The van der Waals surface area contributed by atoms with Crippen LogP contribution in [0.1, 0.15) is 62.2 Å². The van der Waals surface area contributed by atoms with Gasteiger partial charge in [-0.2, -0.15) is 0 Å². The van der Waals surface area contributed by atoms with E-state index < -0.39 is 41.7 Å². The SMILES string of the molecule is C=CCCC(=O)NC[C@@H](OC(=O)[C@@H]1[C@H]2C(=O)N(CCCCCO)[C@H](C(=O)N(CC=C)c3c(C)cccc3Cl)[C@]23CC[C@H]1O3)c1ccccc1. The number of halogens is 1. The molecule has 0 unspecified atom stereocenters. The Labute approximate surface area is 293 Å². The van der Waals surface area contributed by atoms with Crippen LogP contribution in [0.15, 0.2) is 73.8 Å². The molecule has 5 rings (SSSR count). The molecule has 3 aliphatic heterocycles. The van der Waals surface area contributed by atoms with Crippen molar-refractivity contribution in [2.45, 2.75) is 75.7 Å². The number of amides is 3. The van der Waals surface area contributed by atoms with Crippen molar-refractivity contribution >= 4 is 41.0 Å². The molecular weight excluding hydrogens is 646 g/mol. The number of anilines is 1. The van der Waals surface area contributed by atoms with Gasteiger partial charge >= 0.3 is 5.97 Å². The monoisotopic (exact) mass is 691 g/mol. The molecule has 49 heavy (non-hydrogen) atoms. The first kappa shape index (κ1) is 36.3. The highest BCUT2D eigenvalue weighted by molar-refractivity contribution is 6.34. The molecule has 11 heteroatoms. The second kappa shape index (κ2) is 16.1. The van der Waals surface area contributed by atoms with Crippen LogP contribution in [-0.4, -0.2) is 77.7 Å². The van der Waals surface area contributed by atoms with E-state index in [1.807, 2.05) is 49.4 Å². The number of carbonyl (C=O) groups is 4. The van der Waals surface area contributed by atoms with Crippen LogP contribution in [0.4, 0.5) is 5.69 Å². The molecule has 6 atom stereocenters. The first-order valence-corrected chi connectivity index (χ1v) is 17.5. The molecule has 0 saturated carbocycles. The molecule has 0 aliphatic carbocycles. The number of hydrogen-bond donors (Lipinski definition) is 2. The lowest BCUT2D eigenvalue weighted by Crippen LogP contribution is -2.56. The molecule has 0 radical (unpaired) electrons. The number of carbonyl (C=O) groups excluding carboxylic acids is 4. The Hall–Kier alpha value is -3.99. The average Bonchev–Trinajstić information content (AvgIpc) is 3.74. The minimum absolute atomic E-state index is 0.0256. The van der Waals surface area contributed by atoms with Gasteiger partial charge in [0.05, 0.1) is 35.2 Å². The number of allylic oxidation sites excluding steroid dienone is 1. The zero-order valence-electron chi connectivity index (χ0n) is 28.0. The normalized spacial score (nSPS) is 24.3. The summed E-state index contributed by atoms with van der Waals surface area (Å²) in [7, 11) is 0. The van der Waals surface area contributed by atoms with Crippen molar-refractivity contribution in [3.05, 3.63) is 90.0 Å². The van der Waals surface area contributed by atoms with Crippen LogP contribution in [0.5, 0.6) is 0 Å². The van der Waals surface area contributed by atoms with Crippen LogP contribution < -0.4 is 10.2 Å². The molecule has 1 spiro atoms. The van der Waals surface area contributed by atoms with Gasteiger partial charge in [-0.1, -0.05) is 66.2 Å². The van der Waals surface area contributed by atoms with E-state index in [1.165, 1.54) is 0 Å². The molecule has 2 aromatic carbocycles. The summed E-state index contributed by atoms with van der Waals surface area (Å²) in [6.45, 7) is 9.90. The smallest absolute Gasteiger partial charge is 0.313 e. The van der Waals surface area contributed by atoms with Gasteiger partial charge in [0.15, 0.2) is 0 Å². The number of likely N-dealkylation sites (tertiary alicyclic amines) is 1. The van der Waals surface area contributed by atoms with Crippen molar-refractivity contribution in [1.82, 2.24) is 10.2 Å². The molecule has 3 amide bonds. The first-order valence-electron chi connectivity index (χ1n) is 17.1. The van der Waals surface area contributed by atoms with E-state index in [-0.39, 0.29) is 50.4 Å². The molecule has 2 N–H and O–H groups in total. The Morgan fingerprint density at radius 3 is 2.61 bits per heavy atom. The van der Waals surface area contributed by atoms with Gasteiger partial charge in [-0.25, -0.2) is 0 Å². The number of rotatable bonds is 17. The van der Waals surface area contributed by atoms with Gasteiger partial charge in [0.25, 0.3) is 5.91 Å². The van der Waals surface area contributed by atoms with E-state index >= 15 is 0 Å². The number of nitrogens with zero attached hydrogens (tertiary/aromatic N) is 2. The van der Waals surface area contributed by atoms with Gasteiger partial charge in [-0.05, 0) is 62.6 Å². The van der Waals surface area contributed by atoms with Crippen molar-refractivity contribution in [3.8, 4) is 0 Å².